The van der Waals surface area contributed by atoms with Crippen LogP contribution in [0.25, 0.3) is 0 Å². The molecule has 0 aromatic heterocycles. The lowest BCUT2D eigenvalue weighted by atomic mass is 9.86. The van der Waals surface area contributed by atoms with Crippen molar-refractivity contribution < 1.29 is 9.47 Å². The molecule has 0 saturated heterocycles. The van der Waals surface area contributed by atoms with Crippen LogP contribution in [0.3, 0.4) is 0 Å². The van der Waals surface area contributed by atoms with Gasteiger partial charge in [0.05, 0.1) is 6.61 Å². The zero-order valence-electron chi connectivity index (χ0n) is 13.4. The largest absolute Gasteiger partial charge is 0.385 e. The summed E-state index contributed by atoms with van der Waals surface area (Å²) in [6.45, 7) is 5.81. The monoisotopic (exact) mass is 357 g/mol. The molecule has 1 aromatic rings. The van der Waals surface area contributed by atoms with Crippen molar-refractivity contribution in [3.8, 4) is 0 Å². The molecule has 0 aliphatic rings. The average molecular weight is 358 g/mol. The van der Waals surface area contributed by atoms with Crippen LogP contribution in [0.15, 0.2) is 28.7 Å². The van der Waals surface area contributed by atoms with Gasteiger partial charge < -0.3 is 14.8 Å². The molecule has 2 atom stereocenters. The third-order valence-electron chi connectivity index (χ3n) is 3.91. The second-order valence-electron chi connectivity index (χ2n) is 5.51. The van der Waals surface area contributed by atoms with Crippen LogP contribution < -0.4 is 5.32 Å². The van der Waals surface area contributed by atoms with E-state index >= 15 is 0 Å². The van der Waals surface area contributed by atoms with Gasteiger partial charge in [0, 0.05) is 31.8 Å². The standard InChI is InChI=1S/C17H28BrNO2/c1-14(8-10-20-2)16(13-19-9-11-21-3)12-15-6-4-5-7-17(15)18/h4-7,14,16,19H,8-13H2,1-3H3. The number of halogens is 1. The van der Waals surface area contributed by atoms with Crippen molar-refractivity contribution in [3.05, 3.63) is 34.3 Å². The van der Waals surface area contributed by atoms with Crippen molar-refractivity contribution in [1.82, 2.24) is 5.32 Å². The topological polar surface area (TPSA) is 30.5 Å². The Morgan fingerprint density at radius 2 is 1.86 bits per heavy atom. The van der Waals surface area contributed by atoms with E-state index in [1.54, 1.807) is 14.2 Å². The maximum atomic E-state index is 5.23. The lowest BCUT2D eigenvalue weighted by Gasteiger charge is -2.25. The van der Waals surface area contributed by atoms with Crippen molar-refractivity contribution >= 4 is 15.9 Å². The van der Waals surface area contributed by atoms with Gasteiger partial charge in [0.25, 0.3) is 0 Å². The van der Waals surface area contributed by atoms with Gasteiger partial charge in [-0.15, -0.1) is 0 Å². The number of hydrogen-bond donors (Lipinski definition) is 1. The van der Waals surface area contributed by atoms with Gasteiger partial charge in [0.2, 0.25) is 0 Å². The minimum absolute atomic E-state index is 0.593. The fourth-order valence-corrected chi connectivity index (χ4v) is 2.87. The molecule has 21 heavy (non-hydrogen) atoms. The lowest BCUT2D eigenvalue weighted by molar-refractivity contribution is 0.161. The second kappa shape index (κ2) is 11.2. The Hall–Kier alpha value is -0.420. The Morgan fingerprint density at radius 3 is 2.52 bits per heavy atom. The Kier molecular flexibility index (Phi) is 9.92. The quantitative estimate of drug-likeness (QED) is 0.614. The van der Waals surface area contributed by atoms with Gasteiger partial charge >= 0.3 is 0 Å². The molecule has 0 spiro atoms. The minimum Gasteiger partial charge on any atom is -0.385 e. The van der Waals surface area contributed by atoms with Gasteiger partial charge in [-0.05, 0) is 42.9 Å². The SMILES string of the molecule is COCCNCC(Cc1ccccc1Br)C(C)CCOC. The fraction of sp³-hybridized carbons (Fsp3) is 0.647. The van der Waals surface area contributed by atoms with Gasteiger partial charge in [0.1, 0.15) is 0 Å². The van der Waals surface area contributed by atoms with Gasteiger partial charge in [-0.1, -0.05) is 41.1 Å². The molecule has 120 valence electrons. The van der Waals surface area contributed by atoms with Gasteiger partial charge in [-0.25, -0.2) is 0 Å². The highest BCUT2D eigenvalue weighted by Crippen LogP contribution is 2.24. The minimum atomic E-state index is 0.593. The van der Waals surface area contributed by atoms with E-state index in [9.17, 15) is 0 Å². The summed E-state index contributed by atoms with van der Waals surface area (Å²) in [5, 5.41) is 3.50. The number of ether oxygens (including phenoxy) is 2. The molecule has 1 N–H and O–H groups in total. The summed E-state index contributed by atoms with van der Waals surface area (Å²) >= 11 is 3.65. The van der Waals surface area contributed by atoms with Crippen molar-refractivity contribution in [2.24, 2.45) is 11.8 Å². The molecule has 0 fully saturated rings. The Morgan fingerprint density at radius 1 is 1.14 bits per heavy atom. The van der Waals surface area contributed by atoms with Crippen molar-refractivity contribution in [2.75, 3.05) is 40.5 Å². The summed E-state index contributed by atoms with van der Waals surface area (Å²) in [6.07, 6.45) is 2.17. The summed E-state index contributed by atoms with van der Waals surface area (Å²) in [4.78, 5) is 0. The average Bonchev–Trinajstić information content (AvgIpc) is 2.49. The zero-order chi connectivity index (χ0) is 15.5. The van der Waals surface area contributed by atoms with E-state index < -0.39 is 0 Å². The number of rotatable bonds is 11. The van der Waals surface area contributed by atoms with Gasteiger partial charge in [-0.2, -0.15) is 0 Å². The summed E-state index contributed by atoms with van der Waals surface area (Å²) in [7, 11) is 3.51. The smallest absolute Gasteiger partial charge is 0.0587 e. The van der Waals surface area contributed by atoms with Crippen molar-refractivity contribution in [3.63, 3.8) is 0 Å². The molecule has 2 unspecified atom stereocenters. The van der Waals surface area contributed by atoms with Crippen LogP contribution in [-0.2, 0) is 15.9 Å². The van der Waals surface area contributed by atoms with Crippen molar-refractivity contribution in [2.45, 2.75) is 19.8 Å². The molecule has 0 amide bonds. The highest BCUT2D eigenvalue weighted by molar-refractivity contribution is 9.10. The highest BCUT2D eigenvalue weighted by Gasteiger charge is 2.18. The first kappa shape index (κ1) is 18.6. The molecule has 0 bridgehead atoms. The van der Waals surface area contributed by atoms with Crippen molar-refractivity contribution in [1.29, 1.82) is 0 Å². The van der Waals surface area contributed by atoms with E-state index in [1.807, 2.05) is 0 Å². The number of benzene rings is 1. The third kappa shape index (κ3) is 7.41. The van der Waals surface area contributed by atoms with Gasteiger partial charge in [0.15, 0.2) is 0 Å². The number of nitrogens with one attached hydrogen (secondary N) is 1. The Labute approximate surface area is 137 Å². The summed E-state index contributed by atoms with van der Waals surface area (Å²) in [5.74, 6) is 1.21. The second-order valence-corrected chi connectivity index (χ2v) is 6.37. The Balaban J connectivity index is 2.59. The lowest BCUT2D eigenvalue weighted by Crippen LogP contribution is -2.31. The first-order valence-corrected chi connectivity index (χ1v) is 8.40. The van der Waals surface area contributed by atoms with E-state index in [0.717, 1.165) is 39.1 Å². The zero-order valence-corrected chi connectivity index (χ0v) is 15.0. The van der Waals surface area contributed by atoms with E-state index in [-0.39, 0.29) is 0 Å². The molecule has 4 heteroatoms. The first-order valence-electron chi connectivity index (χ1n) is 7.61. The highest BCUT2D eigenvalue weighted by atomic mass is 79.9. The van der Waals surface area contributed by atoms with Crippen LogP contribution in [0, 0.1) is 11.8 Å². The molecule has 0 radical (unpaired) electrons. The molecule has 0 aliphatic heterocycles. The number of methoxy groups -OCH3 is 2. The predicted octanol–water partition coefficient (Wildman–Crippen LogP) is 3.52. The predicted molar refractivity (Wildman–Crippen MR) is 91.7 cm³/mol. The molecule has 0 heterocycles. The fourth-order valence-electron chi connectivity index (χ4n) is 2.42. The van der Waals surface area contributed by atoms with Crippen LogP contribution >= 0.6 is 15.9 Å². The van der Waals surface area contributed by atoms with E-state index in [0.29, 0.717) is 11.8 Å². The summed E-state index contributed by atoms with van der Waals surface area (Å²) in [5.41, 5.74) is 1.38. The maximum Gasteiger partial charge on any atom is 0.0587 e. The molecule has 1 rings (SSSR count). The Bertz CT molecular complexity index is 387. The van der Waals surface area contributed by atoms with Crippen LogP contribution in [-0.4, -0.2) is 40.5 Å². The van der Waals surface area contributed by atoms with Crippen LogP contribution in [0.1, 0.15) is 18.9 Å². The van der Waals surface area contributed by atoms with Gasteiger partial charge in [-0.3, -0.25) is 0 Å². The maximum absolute atomic E-state index is 5.23. The molecular formula is C17H28BrNO2. The molecule has 3 nitrogen and oxygen atoms in total. The first-order chi connectivity index (χ1) is 10.2. The third-order valence-corrected chi connectivity index (χ3v) is 4.69. The van der Waals surface area contributed by atoms with E-state index in [4.69, 9.17) is 9.47 Å². The molecule has 0 aliphatic carbocycles. The van der Waals surface area contributed by atoms with E-state index in [1.165, 1.54) is 10.0 Å². The van der Waals surface area contributed by atoms with Crippen LogP contribution in [0.4, 0.5) is 0 Å². The number of hydrogen-bond acceptors (Lipinski definition) is 3. The van der Waals surface area contributed by atoms with Crippen LogP contribution in [0.5, 0.6) is 0 Å². The molecular weight excluding hydrogens is 330 g/mol. The summed E-state index contributed by atoms with van der Waals surface area (Å²) < 4.78 is 11.5. The molecule has 0 saturated carbocycles. The summed E-state index contributed by atoms with van der Waals surface area (Å²) in [6, 6.07) is 8.49. The normalized spacial score (nSPS) is 14.1. The van der Waals surface area contributed by atoms with Crippen LogP contribution in [0.2, 0.25) is 0 Å². The molecule has 1 aromatic carbocycles. The van der Waals surface area contributed by atoms with E-state index in [2.05, 4.69) is 52.4 Å².